The highest BCUT2D eigenvalue weighted by atomic mass is 35.5. The van der Waals surface area contributed by atoms with Crippen LogP contribution in [-0.4, -0.2) is 14.5 Å². The van der Waals surface area contributed by atoms with Gasteiger partial charge in [0.05, 0.1) is 10.7 Å². The molecule has 4 nitrogen and oxygen atoms in total. The molecule has 0 amide bonds. The number of benzene rings is 1. The summed E-state index contributed by atoms with van der Waals surface area (Å²) in [6, 6.07) is 7.42. The zero-order valence-corrected chi connectivity index (χ0v) is 11.6. The summed E-state index contributed by atoms with van der Waals surface area (Å²) in [7, 11) is 0. The van der Waals surface area contributed by atoms with Crippen molar-refractivity contribution in [3.63, 3.8) is 0 Å². The molecule has 0 aliphatic rings. The molecule has 0 atom stereocenters. The number of nitrogens with two attached hydrogens (primary N) is 1. The SMILES string of the molecule is Cc1ccc(-n2c(N)nc3cc(Cl)cnc32)cc1Cl. The van der Waals surface area contributed by atoms with Crippen LogP contribution < -0.4 is 5.73 Å². The average Bonchev–Trinajstić information content (AvgIpc) is 2.68. The molecule has 0 aliphatic heterocycles. The van der Waals surface area contributed by atoms with Crippen molar-refractivity contribution in [3.8, 4) is 5.69 Å². The van der Waals surface area contributed by atoms with E-state index in [9.17, 15) is 0 Å². The number of aromatic nitrogens is 3. The number of nitrogen functional groups attached to an aromatic ring is 1. The number of hydrogen-bond acceptors (Lipinski definition) is 3. The number of rotatable bonds is 1. The average molecular weight is 293 g/mol. The summed E-state index contributed by atoms with van der Waals surface area (Å²) in [6.07, 6.45) is 1.57. The Hall–Kier alpha value is -1.78. The van der Waals surface area contributed by atoms with Crippen LogP contribution in [0.3, 0.4) is 0 Å². The molecular formula is C13H10Cl2N4. The fourth-order valence-corrected chi connectivity index (χ4v) is 2.26. The summed E-state index contributed by atoms with van der Waals surface area (Å²) in [6.45, 7) is 1.94. The van der Waals surface area contributed by atoms with Crippen LogP contribution >= 0.6 is 23.2 Å². The van der Waals surface area contributed by atoms with Crippen molar-refractivity contribution in [3.05, 3.63) is 46.1 Å². The topological polar surface area (TPSA) is 56.7 Å². The Kier molecular flexibility index (Phi) is 2.84. The standard InChI is InChI=1S/C13H10Cl2N4/c1-7-2-3-9(5-10(7)15)19-12-11(18-13(19)16)4-8(14)6-17-12/h2-6H,1H3,(H2,16,18). The fraction of sp³-hybridized carbons (Fsp3) is 0.0769. The number of pyridine rings is 1. The Bertz CT molecular complexity index is 780. The molecule has 2 heterocycles. The van der Waals surface area contributed by atoms with E-state index in [0.717, 1.165) is 11.3 Å². The maximum atomic E-state index is 6.14. The first-order chi connectivity index (χ1) is 9.06. The first-order valence-electron chi connectivity index (χ1n) is 5.62. The van der Waals surface area contributed by atoms with Crippen LogP contribution in [0.5, 0.6) is 0 Å². The number of nitrogens with zero attached hydrogens (tertiary/aromatic N) is 3. The monoisotopic (exact) mass is 292 g/mol. The van der Waals surface area contributed by atoms with Gasteiger partial charge in [-0.15, -0.1) is 0 Å². The fourth-order valence-electron chi connectivity index (χ4n) is 1.93. The van der Waals surface area contributed by atoms with Crippen molar-refractivity contribution in [1.29, 1.82) is 0 Å². The normalized spacial score (nSPS) is 11.1. The molecule has 3 rings (SSSR count). The van der Waals surface area contributed by atoms with Gasteiger partial charge in [0.1, 0.15) is 5.52 Å². The highest BCUT2D eigenvalue weighted by molar-refractivity contribution is 6.31. The Labute approximate surface area is 119 Å². The number of imidazole rings is 1. The Morgan fingerprint density at radius 3 is 2.74 bits per heavy atom. The van der Waals surface area contributed by atoms with E-state index in [2.05, 4.69) is 9.97 Å². The van der Waals surface area contributed by atoms with E-state index in [1.165, 1.54) is 0 Å². The van der Waals surface area contributed by atoms with Crippen molar-refractivity contribution in [1.82, 2.24) is 14.5 Å². The van der Waals surface area contributed by atoms with Gasteiger partial charge in [-0.3, -0.25) is 4.57 Å². The molecule has 0 unspecified atom stereocenters. The van der Waals surface area contributed by atoms with Crippen molar-refractivity contribution in [2.24, 2.45) is 0 Å². The molecule has 2 N–H and O–H groups in total. The first kappa shape index (κ1) is 12.3. The zero-order valence-electron chi connectivity index (χ0n) is 10.1. The van der Waals surface area contributed by atoms with Crippen molar-refractivity contribution in [2.75, 3.05) is 5.73 Å². The van der Waals surface area contributed by atoms with Crippen molar-refractivity contribution < 1.29 is 0 Å². The quantitative estimate of drug-likeness (QED) is 0.745. The van der Waals surface area contributed by atoms with Crippen LogP contribution in [-0.2, 0) is 0 Å². The summed E-state index contributed by atoms with van der Waals surface area (Å²) in [5, 5.41) is 1.20. The van der Waals surface area contributed by atoms with Crippen molar-refractivity contribution >= 4 is 40.3 Å². The Morgan fingerprint density at radius 2 is 2.00 bits per heavy atom. The van der Waals surface area contributed by atoms with Gasteiger partial charge in [-0.25, -0.2) is 9.97 Å². The van der Waals surface area contributed by atoms with E-state index < -0.39 is 0 Å². The summed E-state index contributed by atoms with van der Waals surface area (Å²) in [4.78, 5) is 8.53. The molecular weight excluding hydrogens is 283 g/mol. The van der Waals surface area contributed by atoms with Crippen LogP contribution in [0.25, 0.3) is 16.9 Å². The smallest absolute Gasteiger partial charge is 0.207 e. The summed E-state index contributed by atoms with van der Waals surface area (Å²) in [5.41, 5.74) is 9.09. The van der Waals surface area contributed by atoms with E-state index in [4.69, 9.17) is 28.9 Å². The van der Waals surface area contributed by atoms with Gasteiger partial charge in [0.2, 0.25) is 5.95 Å². The maximum Gasteiger partial charge on any atom is 0.207 e. The number of anilines is 1. The molecule has 0 aliphatic carbocycles. The molecule has 6 heteroatoms. The third-order valence-electron chi connectivity index (χ3n) is 2.90. The Morgan fingerprint density at radius 1 is 1.21 bits per heavy atom. The van der Waals surface area contributed by atoms with Gasteiger partial charge in [-0.05, 0) is 30.7 Å². The van der Waals surface area contributed by atoms with Crippen LogP contribution in [0, 0.1) is 6.92 Å². The van der Waals surface area contributed by atoms with E-state index in [1.54, 1.807) is 16.8 Å². The summed E-state index contributed by atoms with van der Waals surface area (Å²) < 4.78 is 1.75. The van der Waals surface area contributed by atoms with E-state index in [-0.39, 0.29) is 0 Å². The van der Waals surface area contributed by atoms with E-state index >= 15 is 0 Å². The lowest BCUT2D eigenvalue weighted by atomic mass is 10.2. The molecule has 96 valence electrons. The third-order valence-corrected chi connectivity index (χ3v) is 3.52. The van der Waals surface area contributed by atoms with E-state index in [1.807, 2.05) is 25.1 Å². The second-order valence-corrected chi connectivity index (χ2v) is 5.08. The van der Waals surface area contributed by atoms with Gasteiger partial charge in [0, 0.05) is 11.2 Å². The van der Waals surface area contributed by atoms with Gasteiger partial charge in [0.15, 0.2) is 5.65 Å². The number of aryl methyl sites for hydroxylation is 1. The lowest BCUT2D eigenvalue weighted by Gasteiger charge is -2.07. The minimum absolute atomic E-state index is 0.352. The molecule has 2 aromatic heterocycles. The highest BCUT2D eigenvalue weighted by Crippen LogP contribution is 2.26. The molecule has 3 aromatic rings. The summed E-state index contributed by atoms with van der Waals surface area (Å²) >= 11 is 12.0. The number of fused-ring (bicyclic) bond motifs is 1. The second kappa shape index (κ2) is 4.40. The minimum Gasteiger partial charge on any atom is -0.369 e. The number of halogens is 2. The largest absolute Gasteiger partial charge is 0.369 e. The van der Waals surface area contributed by atoms with Gasteiger partial charge in [-0.2, -0.15) is 0 Å². The lowest BCUT2D eigenvalue weighted by Crippen LogP contribution is -2.01. The molecule has 1 aromatic carbocycles. The van der Waals surface area contributed by atoms with Crippen LogP contribution in [0.15, 0.2) is 30.5 Å². The zero-order chi connectivity index (χ0) is 13.6. The van der Waals surface area contributed by atoms with Crippen LogP contribution in [0.2, 0.25) is 10.0 Å². The molecule has 0 saturated carbocycles. The van der Waals surface area contributed by atoms with Crippen LogP contribution in [0.4, 0.5) is 5.95 Å². The van der Waals surface area contributed by atoms with Gasteiger partial charge >= 0.3 is 0 Å². The molecule has 0 fully saturated rings. The second-order valence-electron chi connectivity index (χ2n) is 4.24. The summed E-state index contributed by atoms with van der Waals surface area (Å²) in [5.74, 6) is 0.352. The van der Waals surface area contributed by atoms with Gasteiger partial charge < -0.3 is 5.73 Å². The Balaban J connectivity index is 2.29. The van der Waals surface area contributed by atoms with E-state index in [0.29, 0.717) is 27.2 Å². The van der Waals surface area contributed by atoms with Gasteiger partial charge in [0.25, 0.3) is 0 Å². The maximum absolute atomic E-state index is 6.14. The molecule has 0 bridgehead atoms. The molecule has 0 saturated heterocycles. The van der Waals surface area contributed by atoms with Crippen LogP contribution in [0.1, 0.15) is 5.56 Å². The predicted octanol–water partition coefficient (Wildman–Crippen LogP) is 3.62. The van der Waals surface area contributed by atoms with Crippen molar-refractivity contribution in [2.45, 2.75) is 6.92 Å². The minimum atomic E-state index is 0.352. The lowest BCUT2D eigenvalue weighted by molar-refractivity contribution is 1.08. The van der Waals surface area contributed by atoms with Gasteiger partial charge in [-0.1, -0.05) is 29.3 Å². The molecule has 19 heavy (non-hydrogen) atoms. The highest BCUT2D eigenvalue weighted by Gasteiger charge is 2.12. The molecule has 0 radical (unpaired) electrons. The third kappa shape index (κ3) is 2.03. The first-order valence-corrected chi connectivity index (χ1v) is 6.38. The molecule has 0 spiro atoms. The predicted molar refractivity (Wildman–Crippen MR) is 78.0 cm³/mol. The number of hydrogen-bond donors (Lipinski definition) is 1.